The third-order valence-electron chi connectivity index (χ3n) is 3.82. The predicted octanol–water partition coefficient (Wildman–Crippen LogP) is 4.57. The third kappa shape index (κ3) is 5.59. The van der Waals surface area contributed by atoms with Gasteiger partial charge in [-0.25, -0.2) is 4.79 Å². The summed E-state index contributed by atoms with van der Waals surface area (Å²) in [5, 5.41) is 3.34. The van der Waals surface area contributed by atoms with Gasteiger partial charge in [-0.3, -0.25) is 4.79 Å². The zero-order valence-electron chi connectivity index (χ0n) is 14.9. The molecule has 0 aliphatic rings. The molecule has 1 amide bonds. The van der Waals surface area contributed by atoms with Gasteiger partial charge < -0.3 is 14.8 Å². The van der Waals surface area contributed by atoms with E-state index in [1.807, 2.05) is 48.5 Å². The maximum absolute atomic E-state index is 12.2. The van der Waals surface area contributed by atoms with Crippen LogP contribution >= 0.6 is 11.6 Å². The summed E-state index contributed by atoms with van der Waals surface area (Å²) in [7, 11) is 0. The van der Waals surface area contributed by atoms with Crippen LogP contribution in [0.4, 0.5) is 5.69 Å². The summed E-state index contributed by atoms with van der Waals surface area (Å²) in [4.78, 5) is 23.9. The Bertz CT molecular complexity index is 942. The van der Waals surface area contributed by atoms with Crippen LogP contribution in [0.1, 0.15) is 0 Å². The molecule has 1 N–H and O–H groups in total. The van der Waals surface area contributed by atoms with E-state index in [0.717, 1.165) is 11.1 Å². The fourth-order valence-electron chi connectivity index (χ4n) is 2.51. The highest BCUT2D eigenvalue weighted by atomic mass is 35.5. The monoisotopic (exact) mass is 395 g/mol. The minimum Gasteiger partial charge on any atom is -0.482 e. The van der Waals surface area contributed by atoms with E-state index in [4.69, 9.17) is 21.1 Å². The Morgan fingerprint density at radius 3 is 2.25 bits per heavy atom. The topological polar surface area (TPSA) is 64.6 Å². The number of nitrogens with one attached hydrogen (secondary N) is 1. The van der Waals surface area contributed by atoms with Crippen LogP contribution in [0.25, 0.3) is 11.1 Å². The van der Waals surface area contributed by atoms with Gasteiger partial charge in [0.15, 0.2) is 13.2 Å². The highest BCUT2D eigenvalue weighted by molar-refractivity contribution is 6.30. The van der Waals surface area contributed by atoms with Gasteiger partial charge in [0.05, 0.1) is 0 Å². The summed E-state index contributed by atoms with van der Waals surface area (Å²) in [5.74, 6) is -0.577. The maximum atomic E-state index is 12.2. The number of hydrogen-bond acceptors (Lipinski definition) is 4. The Labute approximate surface area is 167 Å². The van der Waals surface area contributed by atoms with Crippen molar-refractivity contribution in [3.63, 3.8) is 0 Å². The van der Waals surface area contributed by atoms with Crippen molar-refractivity contribution in [1.82, 2.24) is 0 Å². The second kappa shape index (κ2) is 9.58. The first-order chi connectivity index (χ1) is 13.6. The van der Waals surface area contributed by atoms with Gasteiger partial charge in [0, 0.05) is 16.3 Å². The largest absolute Gasteiger partial charge is 0.482 e. The van der Waals surface area contributed by atoms with Gasteiger partial charge in [0.2, 0.25) is 0 Å². The van der Waals surface area contributed by atoms with Crippen molar-refractivity contribution in [1.29, 1.82) is 0 Å². The lowest BCUT2D eigenvalue weighted by Gasteiger charge is -2.12. The second-order valence-electron chi connectivity index (χ2n) is 5.86. The Kier molecular flexibility index (Phi) is 6.65. The molecule has 3 aromatic carbocycles. The van der Waals surface area contributed by atoms with E-state index in [9.17, 15) is 9.59 Å². The molecule has 0 aliphatic carbocycles. The Morgan fingerprint density at radius 1 is 0.821 bits per heavy atom. The zero-order valence-corrected chi connectivity index (χ0v) is 15.7. The molecule has 142 valence electrons. The lowest BCUT2D eigenvalue weighted by molar-refractivity contribution is -0.149. The fraction of sp³-hybridized carbons (Fsp3) is 0.0909. The molecule has 28 heavy (non-hydrogen) atoms. The number of hydrogen-bond donors (Lipinski definition) is 1. The summed E-state index contributed by atoms with van der Waals surface area (Å²) in [6.45, 7) is -0.693. The molecule has 5 nitrogen and oxygen atoms in total. The molecule has 0 unspecified atom stereocenters. The summed E-state index contributed by atoms with van der Waals surface area (Å²) in [6, 6.07) is 23.7. The maximum Gasteiger partial charge on any atom is 0.344 e. The number of amides is 1. The van der Waals surface area contributed by atoms with Crippen molar-refractivity contribution in [3.05, 3.63) is 83.9 Å². The van der Waals surface area contributed by atoms with E-state index in [1.165, 1.54) is 0 Å². The quantitative estimate of drug-likeness (QED) is 0.595. The smallest absolute Gasteiger partial charge is 0.344 e. The minimum atomic E-state index is -0.638. The van der Waals surface area contributed by atoms with Crippen LogP contribution in [-0.4, -0.2) is 25.1 Å². The van der Waals surface area contributed by atoms with Gasteiger partial charge in [-0.1, -0.05) is 60.1 Å². The Hall–Kier alpha value is -3.31. The molecule has 0 saturated carbocycles. The van der Waals surface area contributed by atoms with Crippen LogP contribution in [0.3, 0.4) is 0 Å². The van der Waals surface area contributed by atoms with Gasteiger partial charge in [-0.15, -0.1) is 0 Å². The molecule has 0 spiro atoms. The number of benzene rings is 3. The molecular weight excluding hydrogens is 378 g/mol. The Balaban J connectivity index is 1.51. The molecule has 6 heteroatoms. The molecule has 3 rings (SSSR count). The standard InChI is InChI=1S/C22H18ClNO4/c23-17-10-12-18(13-11-17)27-15-22(26)28-14-21(25)24-20-9-5-4-8-19(20)16-6-2-1-3-7-16/h1-13H,14-15H2,(H,24,25). The molecule has 0 atom stereocenters. The second-order valence-corrected chi connectivity index (χ2v) is 6.30. The van der Waals surface area contributed by atoms with E-state index in [2.05, 4.69) is 5.32 Å². The molecule has 0 aliphatic heterocycles. The van der Waals surface area contributed by atoms with Crippen molar-refractivity contribution in [3.8, 4) is 16.9 Å². The number of rotatable bonds is 7. The number of carbonyl (C=O) groups excluding carboxylic acids is 2. The SMILES string of the molecule is O=C(COC(=O)COc1ccc(Cl)cc1)Nc1ccccc1-c1ccccc1. The highest BCUT2D eigenvalue weighted by Gasteiger charge is 2.11. The van der Waals surface area contributed by atoms with E-state index in [1.54, 1.807) is 30.3 Å². The first-order valence-corrected chi connectivity index (χ1v) is 8.98. The summed E-state index contributed by atoms with van der Waals surface area (Å²) < 4.78 is 10.3. The fourth-order valence-corrected chi connectivity index (χ4v) is 2.63. The van der Waals surface area contributed by atoms with Gasteiger partial charge in [0.25, 0.3) is 5.91 Å². The lowest BCUT2D eigenvalue weighted by atomic mass is 10.0. The highest BCUT2D eigenvalue weighted by Crippen LogP contribution is 2.27. The Morgan fingerprint density at radius 2 is 1.50 bits per heavy atom. The van der Waals surface area contributed by atoms with Crippen molar-refractivity contribution >= 4 is 29.2 Å². The molecule has 0 saturated heterocycles. The van der Waals surface area contributed by atoms with Crippen LogP contribution in [0.5, 0.6) is 5.75 Å². The number of anilines is 1. The molecule has 0 radical (unpaired) electrons. The summed E-state index contributed by atoms with van der Waals surface area (Å²) in [6.07, 6.45) is 0. The molecular formula is C22H18ClNO4. The third-order valence-corrected chi connectivity index (χ3v) is 4.07. The number of carbonyl (C=O) groups is 2. The first kappa shape index (κ1) is 19.5. The summed E-state index contributed by atoms with van der Waals surface area (Å²) in [5.41, 5.74) is 2.51. The molecule has 3 aromatic rings. The van der Waals surface area contributed by atoms with Crippen molar-refractivity contribution in [2.75, 3.05) is 18.5 Å². The van der Waals surface area contributed by atoms with Gasteiger partial charge in [-0.2, -0.15) is 0 Å². The van der Waals surface area contributed by atoms with E-state index in [0.29, 0.717) is 16.5 Å². The van der Waals surface area contributed by atoms with Crippen LogP contribution in [-0.2, 0) is 14.3 Å². The number of ether oxygens (including phenoxy) is 2. The lowest BCUT2D eigenvalue weighted by Crippen LogP contribution is -2.23. The van der Waals surface area contributed by atoms with Gasteiger partial charge in [-0.05, 0) is 35.9 Å². The van der Waals surface area contributed by atoms with Gasteiger partial charge >= 0.3 is 5.97 Å². The predicted molar refractivity (Wildman–Crippen MR) is 108 cm³/mol. The molecule has 0 aromatic heterocycles. The average Bonchev–Trinajstić information content (AvgIpc) is 2.73. The number of esters is 1. The van der Waals surface area contributed by atoms with Gasteiger partial charge in [0.1, 0.15) is 5.75 Å². The normalized spacial score (nSPS) is 10.2. The van der Waals surface area contributed by atoms with Crippen molar-refractivity contribution < 1.29 is 19.1 Å². The number of para-hydroxylation sites is 1. The molecule has 0 heterocycles. The first-order valence-electron chi connectivity index (χ1n) is 8.60. The minimum absolute atomic E-state index is 0.296. The van der Waals surface area contributed by atoms with Crippen molar-refractivity contribution in [2.24, 2.45) is 0 Å². The van der Waals surface area contributed by atoms with Crippen molar-refractivity contribution in [2.45, 2.75) is 0 Å². The van der Waals surface area contributed by atoms with E-state index in [-0.39, 0.29) is 6.61 Å². The average molecular weight is 396 g/mol. The van der Waals surface area contributed by atoms with E-state index >= 15 is 0 Å². The molecule has 0 fully saturated rings. The van der Waals surface area contributed by atoms with Crippen LogP contribution in [0.15, 0.2) is 78.9 Å². The summed E-state index contributed by atoms with van der Waals surface area (Å²) >= 11 is 5.78. The number of halogens is 1. The van der Waals surface area contributed by atoms with Crippen LogP contribution in [0.2, 0.25) is 5.02 Å². The van der Waals surface area contributed by atoms with Crippen LogP contribution in [0, 0.1) is 0 Å². The van der Waals surface area contributed by atoms with Crippen LogP contribution < -0.4 is 10.1 Å². The zero-order chi connectivity index (χ0) is 19.8. The molecule has 0 bridgehead atoms. The van der Waals surface area contributed by atoms with E-state index < -0.39 is 18.5 Å².